The van der Waals surface area contributed by atoms with Gasteiger partial charge in [0.25, 0.3) is 5.91 Å². The van der Waals surface area contributed by atoms with E-state index in [0.717, 1.165) is 5.56 Å². The van der Waals surface area contributed by atoms with Crippen molar-refractivity contribution < 1.29 is 17.9 Å². The van der Waals surface area contributed by atoms with Crippen LogP contribution < -0.4 is 5.32 Å². The quantitative estimate of drug-likeness (QED) is 0.712. The average Bonchev–Trinajstić information content (AvgIpc) is 3.27. The van der Waals surface area contributed by atoms with Gasteiger partial charge in [0.1, 0.15) is 0 Å². The summed E-state index contributed by atoms with van der Waals surface area (Å²) in [7, 11) is -1.04. The first-order valence-corrected chi connectivity index (χ1v) is 8.89. The third kappa shape index (κ3) is 4.20. The van der Waals surface area contributed by atoms with Crippen molar-refractivity contribution >= 4 is 16.7 Å². The number of furan rings is 1. The zero-order chi connectivity index (χ0) is 16.8. The zero-order valence-electron chi connectivity index (χ0n) is 12.8. The van der Waals surface area contributed by atoms with Gasteiger partial charge in [-0.25, -0.2) is 0 Å². The number of aromatic nitrogens is 1. The molecule has 1 aromatic carbocycles. The van der Waals surface area contributed by atoms with Crippen LogP contribution in [0.4, 0.5) is 0 Å². The molecule has 2 aromatic heterocycles. The molecule has 7 heteroatoms. The van der Waals surface area contributed by atoms with E-state index in [1.54, 1.807) is 12.1 Å². The molecule has 0 saturated carbocycles. The smallest absolute Gasteiger partial charge is 0.273 e. The molecule has 0 saturated heterocycles. The predicted molar refractivity (Wildman–Crippen MR) is 89.7 cm³/mol. The van der Waals surface area contributed by atoms with Crippen molar-refractivity contribution in [2.24, 2.45) is 0 Å². The highest BCUT2D eigenvalue weighted by Gasteiger charge is 2.15. The van der Waals surface area contributed by atoms with Gasteiger partial charge in [0, 0.05) is 34.9 Å². The van der Waals surface area contributed by atoms with E-state index in [1.165, 1.54) is 12.3 Å². The molecule has 6 nitrogen and oxygen atoms in total. The van der Waals surface area contributed by atoms with Gasteiger partial charge in [0.15, 0.2) is 11.5 Å². The molecule has 0 fully saturated rings. The third-order valence-electron chi connectivity index (χ3n) is 3.29. The summed E-state index contributed by atoms with van der Waals surface area (Å²) in [5.74, 6) is 1.38. The molecule has 3 aromatic rings. The summed E-state index contributed by atoms with van der Waals surface area (Å²) < 4.78 is 22.3. The summed E-state index contributed by atoms with van der Waals surface area (Å²) in [5.41, 5.74) is 1.18. The lowest BCUT2D eigenvalue weighted by Gasteiger charge is -2.04. The molecule has 1 unspecified atom stereocenters. The number of hydrogen-bond donors (Lipinski definition) is 1. The maximum atomic E-state index is 12.0. The molecule has 0 bridgehead atoms. The Hall–Kier alpha value is -2.67. The van der Waals surface area contributed by atoms with Gasteiger partial charge in [-0.2, -0.15) is 0 Å². The SMILES string of the molecule is O=C(NCCS(=O)Cc1ccccc1)c1cc(-c2ccco2)on1. The van der Waals surface area contributed by atoms with E-state index in [9.17, 15) is 9.00 Å². The Kier molecular flexibility index (Phi) is 5.22. The standard InChI is InChI=1S/C17H16N2O4S/c20-17(14-11-16(23-19-14)15-7-4-9-22-15)18-8-10-24(21)12-13-5-2-1-3-6-13/h1-7,9,11H,8,10,12H2,(H,18,20). The van der Waals surface area contributed by atoms with E-state index in [1.807, 2.05) is 30.3 Å². The number of carbonyl (C=O) groups excluding carboxylic acids is 1. The molecule has 0 aliphatic rings. The molecule has 124 valence electrons. The second-order valence-electron chi connectivity index (χ2n) is 5.08. The van der Waals surface area contributed by atoms with Crippen molar-refractivity contribution in [1.29, 1.82) is 0 Å². The summed E-state index contributed by atoms with van der Waals surface area (Å²) in [6.07, 6.45) is 1.51. The zero-order valence-corrected chi connectivity index (χ0v) is 13.6. The largest absolute Gasteiger partial charge is 0.461 e. The van der Waals surface area contributed by atoms with Gasteiger partial charge in [0.05, 0.1) is 6.26 Å². The Morgan fingerprint density at radius 3 is 2.71 bits per heavy atom. The van der Waals surface area contributed by atoms with Crippen LogP contribution in [-0.2, 0) is 16.6 Å². The van der Waals surface area contributed by atoms with Crippen LogP contribution in [0, 0.1) is 0 Å². The summed E-state index contributed by atoms with van der Waals surface area (Å²) in [6.45, 7) is 0.307. The number of nitrogens with one attached hydrogen (secondary N) is 1. The highest BCUT2D eigenvalue weighted by atomic mass is 32.2. The Morgan fingerprint density at radius 1 is 1.12 bits per heavy atom. The van der Waals surface area contributed by atoms with Crippen molar-refractivity contribution in [2.75, 3.05) is 12.3 Å². The van der Waals surface area contributed by atoms with Gasteiger partial charge in [-0.3, -0.25) is 9.00 Å². The van der Waals surface area contributed by atoms with Crippen LogP contribution in [0.25, 0.3) is 11.5 Å². The molecule has 24 heavy (non-hydrogen) atoms. The second-order valence-corrected chi connectivity index (χ2v) is 6.66. The average molecular weight is 344 g/mol. The van der Waals surface area contributed by atoms with E-state index in [-0.39, 0.29) is 11.6 Å². The molecule has 0 aliphatic carbocycles. The topological polar surface area (TPSA) is 85.3 Å². The van der Waals surface area contributed by atoms with E-state index < -0.39 is 10.8 Å². The van der Waals surface area contributed by atoms with Crippen LogP contribution in [0.1, 0.15) is 16.1 Å². The maximum absolute atomic E-state index is 12.0. The highest BCUT2D eigenvalue weighted by Crippen LogP contribution is 2.20. The Bertz CT molecular complexity index is 812. The Morgan fingerprint density at radius 2 is 1.96 bits per heavy atom. The van der Waals surface area contributed by atoms with Crippen LogP contribution >= 0.6 is 0 Å². The molecule has 0 spiro atoms. The van der Waals surface area contributed by atoms with Crippen molar-refractivity contribution in [3.63, 3.8) is 0 Å². The van der Waals surface area contributed by atoms with Crippen molar-refractivity contribution in [3.8, 4) is 11.5 Å². The maximum Gasteiger partial charge on any atom is 0.273 e. The van der Waals surface area contributed by atoms with Crippen LogP contribution in [0.15, 0.2) is 63.7 Å². The molecular weight excluding hydrogens is 328 g/mol. The van der Waals surface area contributed by atoms with Gasteiger partial charge >= 0.3 is 0 Å². The number of rotatable bonds is 7. The summed E-state index contributed by atoms with van der Waals surface area (Å²) in [5, 5.41) is 6.40. The van der Waals surface area contributed by atoms with Crippen LogP contribution in [0.5, 0.6) is 0 Å². The monoisotopic (exact) mass is 344 g/mol. The number of benzene rings is 1. The molecule has 0 aliphatic heterocycles. The minimum absolute atomic E-state index is 0.162. The molecule has 2 heterocycles. The minimum atomic E-state index is -1.04. The molecule has 1 amide bonds. The number of amides is 1. The molecule has 0 radical (unpaired) electrons. The first kappa shape index (κ1) is 16.2. The normalized spacial score (nSPS) is 12.0. The number of carbonyl (C=O) groups is 1. The van der Waals surface area contributed by atoms with Crippen molar-refractivity contribution in [2.45, 2.75) is 5.75 Å². The lowest BCUT2D eigenvalue weighted by Crippen LogP contribution is -2.28. The van der Waals surface area contributed by atoms with E-state index in [4.69, 9.17) is 8.94 Å². The van der Waals surface area contributed by atoms with Gasteiger partial charge in [-0.15, -0.1) is 0 Å². The first-order valence-electron chi connectivity index (χ1n) is 7.40. The highest BCUT2D eigenvalue weighted by molar-refractivity contribution is 7.84. The predicted octanol–water partition coefficient (Wildman–Crippen LogP) is 2.61. The van der Waals surface area contributed by atoms with Gasteiger partial charge in [-0.05, 0) is 17.7 Å². The fourth-order valence-electron chi connectivity index (χ4n) is 2.12. The summed E-state index contributed by atoms with van der Waals surface area (Å²) in [4.78, 5) is 12.0. The third-order valence-corrected chi connectivity index (χ3v) is 4.61. The number of hydrogen-bond acceptors (Lipinski definition) is 5. The van der Waals surface area contributed by atoms with Crippen LogP contribution in [-0.4, -0.2) is 27.6 Å². The molecule has 1 N–H and O–H groups in total. The lowest BCUT2D eigenvalue weighted by molar-refractivity contribution is 0.0947. The molecular formula is C17H16N2O4S. The Labute approximate surface area is 141 Å². The fraction of sp³-hybridized carbons (Fsp3) is 0.176. The lowest BCUT2D eigenvalue weighted by atomic mass is 10.2. The number of nitrogens with zero attached hydrogens (tertiary/aromatic N) is 1. The fourth-order valence-corrected chi connectivity index (χ4v) is 3.16. The first-order chi connectivity index (χ1) is 11.7. The van der Waals surface area contributed by atoms with Crippen LogP contribution in [0.2, 0.25) is 0 Å². The summed E-state index contributed by atoms with van der Waals surface area (Å²) in [6, 6.07) is 14.6. The van der Waals surface area contributed by atoms with E-state index >= 15 is 0 Å². The van der Waals surface area contributed by atoms with Gasteiger partial charge < -0.3 is 14.3 Å². The summed E-state index contributed by atoms with van der Waals surface area (Å²) >= 11 is 0. The van der Waals surface area contributed by atoms with Crippen molar-refractivity contribution in [1.82, 2.24) is 10.5 Å². The van der Waals surface area contributed by atoms with Gasteiger partial charge in [-0.1, -0.05) is 35.5 Å². The van der Waals surface area contributed by atoms with E-state index in [0.29, 0.717) is 29.6 Å². The molecule has 1 atom stereocenters. The minimum Gasteiger partial charge on any atom is -0.461 e. The van der Waals surface area contributed by atoms with Gasteiger partial charge in [0.2, 0.25) is 5.76 Å². The Balaban J connectivity index is 1.46. The van der Waals surface area contributed by atoms with E-state index in [2.05, 4.69) is 10.5 Å². The second kappa shape index (κ2) is 7.74. The van der Waals surface area contributed by atoms with Crippen LogP contribution in [0.3, 0.4) is 0 Å². The van der Waals surface area contributed by atoms with Crippen molar-refractivity contribution in [3.05, 3.63) is 66.1 Å². The molecule has 3 rings (SSSR count).